The minimum atomic E-state index is -0.416. The second-order valence-electron chi connectivity index (χ2n) is 4.40. The van der Waals surface area contributed by atoms with Crippen molar-refractivity contribution in [2.24, 2.45) is 0 Å². The largest absolute Gasteiger partial charge is 0.465 e. The van der Waals surface area contributed by atoms with Crippen LogP contribution in [0, 0.1) is 5.82 Å². The minimum Gasteiger partial charge on any atom is -0.465 e. The van der Waals surface area contributed by atoms with Crippen LogP contribution >= 0.6 is 15.9 Å². The topological polar surface area (TPSA) is 43.6 Å². The van der Waals surface area contributed by atoms with Crippen LogP contribution in [0.15, 0.2) is 47.2 Å². The summed E-state index contributed by atoms with van der Waals surface area (Å²) >= 11 is 3.47. The van der Waals surface area contributed by atoms with Crippen LogP contribution in [0.3, 0.4) is 0 Å². The van der Waals surface area contributed by atoms with Gasteiger partial charge in [0.15, 0.2) is 0 Å². The minimum absolute atomic E-state index is 0.299. The van der Waals surface area contributed by atoms with Gasteiger partial charge in [0.25, 0.3) is 0 Å². The first-order valence-corrected chi connectivity index (χ1v) is 6.91. The number of ether oxygens (including phenoxy) is 1. The maximum atomic E-state index is 13.0. The second-order valence-corrected chi connectivity index (χ2v) is 5.15. The summed E-state index contributed by atoms with van der Waals surface area (Å²) in [5, 5.41) is 0. The van der Waals surface area contributed by atoms with Crippen LogP contribution in [0.4, 0.5) is 4.39 Å². The lowest BCUT2D eigenvalue weighted by Crippen LogP contribution is -2.02. The number of pyridine rings is 1. The van der Waals surface area contributed by atoms with Gasteiger partial charge in [-0.25, -0.2) is 14.2 Å². The molecule has 3 rings (SSSR count). The molecule has 0 aliphatic carbocycles. The Labute approximate surface area is 128 Å². The summed E-state index contributed by atoms with van der Waals surface area (Å²) in [4.78, 5) is 16.0. The normalized spacial score (nSPS) is 10.8. The van der Waals surface area contributed by atoms with E-state index in [9.17, 15) is 9.18 Å². The fourth-order valence-corrected chi connectivity index (χ4v) is 2.65. The molecule has 0 bridgehead atoms. The molecule has 4 nitrogen and oxygen atoms in total. The van der Waals surface area contributed by atoms with E-state index < -0.39 is 5.97 Å². The predicted molar refractivity (Wildman–Crippen MR) is 79.6 cm³/mol. The molecule has 2 heterocycles. The first-order chi connectivity index (χ1) is 10.1. The summed E-state index contributed by atoms with van der Waals surface area (Å²) in [5.74, 6) is -0.715. The lowest BCUT2D eigenvalue weighted by molar-refractivity contribution is 0.0600. The van der Waals surface area contributed by atoms with E-state index >= 15 is 0 Å². The molecule has 0 saturated heterocycles. The number of esters is 1. The van der Waals surface area contributed by atoms with Crippen molar-refractivity contribution >= 4 is 27.5 Å². The van der Waals surface area contributed by atoms with E-state index in [1.165, 1.54) is 19.2 Å². The number of aromatic nitrogens is 2. The van der Waals surface area contributed by atoms with Gasteiger partial charge in [-0.3, -0.25) is 4.40 Å². The number of fused-ring (bicyclic) bond motifs is 1. The Morgan fingerprint density at radius 1 is 1.24 bits per heavy atom. The van der Waals surface area contributed by atoms with E-state index in [2.05, 4.69) is 20.9 Å². The summed E-state index contributed by atoms with van der Waals surface area (Å²) in [5.41, 5.74) is 2.56. The van der Waals surface area contributed by atoms with E-state index in [-0.39, 0.29) is 5.82 Å². The summed E-state index contributed by atoms with van der Waals surface area (Å²) in [7, 11) is 1.33. The highest BCUT2D eigenvalue weighted by Gasteiger charge is 2.14. The van der Waals surface area contributed by atoms with Crippen LogP contribution in [0.1, 0.15) is 10.4 Å². The quantitative estimate of drug-likeness (QED) is 0.663. The van der Waals surface area contributed by atoms with Crippen molar-refractivity contribution in [1.29, 1.82) is 0 Å². The van der Waals surface area contributed by atoms with E-state index in [0.717, 1.165) is 5.56 Å². The van der Waals surface area contributed by atoms with E-state index in [4.69, 9.17) is 4.74 Å². The summed E-state index contributed by atoms with van der Waals surface area (Å²) < 4.78 is 20.1. The number of nitrogens with zero attached hydrogens (tertiary/aromatic N) is 2. The molecule has 0 aliphatic heterocycles. The van der Waals surface area contributed by atoms with Crippen molar-refractivity contribution < 1.29 is 13.9 Å². The molecule has 0 spiro atoms. The molecule has 0 unspecified atom stereocenters. The number of halogens is 2. The third-order valence-electron chi connectivity index (χ3n) is 3.10. The predicted octanol–water partition coefficient (Wildman–Crippen LogP) is 3.69. The number of hydrogen-bond donors (Lipinski definition) is 0. The molecule has 1 aromatic carbocycles. The Kier molecular flexibility index (Phi) is 3.47. The zero-order chi connectivity index (χ0) is 15.0. The zero-order valence-corrected chi connectivity index (χ0v) is 12.6. The third-order valence-corrected chi connectivity index (χ3v) is 3.86. The molecular weight excluding hydrogens is 339 g/mol. The Morgan fingerprint density at radius 3 is 2.62 bits per heavy atom. The average Bonchev–Trinajstić information content (AvgIpc) is 2.84. The molecule has 3 aromatic rings. The van der Waals surface area contributed by atoms with Crippen LogP contribution in [-0.2, 0) is 4.74 Å². The lowest BCUT2D eigenvalue weighted by Gasteiger charge is -2.01. The molecule has 21 heavy (non-hydrogen) atoms. The van der Waals surface area contributed by atoms with Crippen molar-refractivity contribution in [2.75, 3.05) is 7.11 Å². The van der Waals surface area contributed by atoms with Gasteiger partial charge in [-0.15, -0.1) is 0 Å². The molecule has 0 amide bonds. The number of methoxy groups -OCH3 is 1. The highest BCUT2D eigenvalue weighted by molar-refractivity contribution is 9.10. The first kappa shape index (κ1) is 13.8. The standard InChI is InChI=1S/C15H10BrFN2O2/c1-21-15(20)10-4-7-12-18-13(14(16)19(12)8-10)9-2-5-11(17)6-3-9/h2-8H,1H3. The number of rotatable bonds is 2. The van der Waals surface area contributed by atoms with Crippen LogP contribution in [-0.4, -0.2) is 22.5 Å². The highest BCUT2D eigenvalue weighted by Crippen LogP contribution is 2.29. The summed E-state index contributed by atoms with van der Waals surface area (Å²) in [6.45, 7) is 0. The SMILES string of the molecule is COC(=O)c1ccc2nc(-c3ccc(F)cc3)c(Br)n2c1. The maximum absolute atomic E-state index is 13.0. The highest BCUT2D eigenvalue weighted by atomic mass is 79.9. The zero-order valence-electron chi connectivity index (χ0n) is 11.0. The van der Waals surface area contributed by atoms with Crippen LogP contribution in [0.25, 0.3) is 16.9 Å². The molecule has 2 aromatic heterocycles. The van der Waals surface area contributed by atoms with E-state index in [1.807, 2.05) is 0 Å². The van der Waals surface area contributed by atoms with Gasteiger partial charge in [-0.05, 0) is 52.3 Å². The van der Waals surface area contributed by atoms with E-state index in [0.29, 0.717) is 21.5 Å². The van der Waals surface area contributed by atoms with Crippen molar-refractivity contribution in [3.8, 4) is 11.3 Å². The summed E-state index contributed by atoms with van der Waals surface area (Å²) in [6.07, 6.45) is 1.64. The van der Waals surface area contributed by atoms with Gasteiger partial charge in [0.1, 0.15) is 21.8 Å². The Hall–Kier alpha value is -2.21. The van der Waals surface area contributed by atoms with Crippen molar-refractivity contribution in [2.45, 2.75) is 0 Å². The molecule has 0 atom stereocenters. The molecular formula is C15H10BrFN2O2. The van der Waals surface area contributed by atoms with E-state index in [1.54, 1.807) is 34.9 Å². The first-order valence-electron chi connectivity index (χ1n) is 6.12. The average molecular weight is 349 g/mol. The van der Waals surface area contributed by atoms with Gasteiger partial charge in [-0.2, -0.15) is 0 Å². The number of benzene rings is 1. The van der Waals surface area contributed by atoms with Gasteiger partial charge in [0.05, 0.1) is 12.7 Å². The van der Waals surface area contributed by atoms with Crippen LogP contribution in [0.2, 0.25) is 0 Å². The maximum Gasteiger partial charge on any atom is 0.339 e. The van der Waals surface area contributed by atoms with Crippen LogP contribution in [0.5, 0.6) is 0 Å². The lowest BCUT2D eigenvalue weighted by atomic mass is 10.2. The molecule has 0 saturated carbocycles. The van der Waals surface area contributed by atoms with Crippen molar-refractivity contribution in [3.63, 3.8) is 0 Å². The van der Waals surface area contributed by atoms with Gasteiger partial charge >= 0.3 is 5.97 Å². The Bertz CT molecular complexity index is 828. The smallest absolute Gasteiger partial charge is 0.339 e. The Balaban J connectivity index is 2.15. The van der Waals surface area contributed by atoms with Gasteiger partial charge < -0.3 is 4.74 Å². The fraction of sp³-hybridized carbons (Fsp3) is 0.0667. The number of carbonyl (C=O) groups excluding carboxylic acids is 1. The molecule has 0 fully saturated rings. The number of hydrogen-bond acceptors (Lipinski definition) is 3. The molecule has 6 heteroatoms. The molecule has 106 valence electrons. The van der Waals surface area contributed by atoms with Crippen molar-refractivity contribution in [3.05, 3.63) is 58.6 Å². The van der Waals surface area contributed by atoms with Crippen molar-refractivity contribution in [1.82, 2.24) is 9.38 Å². The van der Waals surface area contributed by atoms with Crippen LogP contribution < -0.4 is 0 Å². The second kappa shape index (κ2) is 5.29. The summed E-state index contributed by atoms with van der Waals surface area (Å²) in [6, 6.07) is 9.45. The monoisotopic (exact) mass is 348 g/mol. The van der Waals surface area contributed by atoms with Gasteiger partial charge in [0, 0.05) is 11.8 Å². The van der Waals surface area contributed by atoms with Gasteiger partial charge in [0.2, 0.25) is 0 Å². The Morgan fingerprint density at radius 2 is 1.95 bits per heavy atom. The van der Waals surface area contributed by atoms with Gasteiger partial charge in [-0.1, -0.05) is 0 Å². The molecule has 0 radical (unpaired) electrons. The number of imidazole rings is 1. The third kappa shape index (κ3) is 2.42. The number of carbonyl (C=O) groups is 1. The fourth-order valence-electron chi connectivity index (χ4n) is 2.05. The molecule has 0 aliphatic rings. The molecule has 0 N–H and O–H groups in total.